The highest BCUT2D eigenvalue weighted by Gasteiger charge is 2.27. The van der Waals surface area contributed by atoms with E-state index in [1.807, 2.05) is 30.3 Å². The summed E-state index contributed by atoms with van der Waals surface area (Å²) in [6, 6.07) is 15.4. The van der Waals surface area contributed by atoms with Crippen LogP contribution in [0.2, 0.25) is 0 Å². The van der Waals surface area contributed by atoms with E-state index in [2.05, 4.69) is 0 Å². The van der Waals surface area contributed by atoms with E-state index in [1.54, 1.807) is 12.1 Å². The van der Waals surface area contributed by atoms with Crippen LogP contribution in [0.15, 0.2) is 54.6 Å². The normalized spacial score (nSPS) is 14.2. The number of esters is 1. The number of nitro benzene ring substituents is 1. The Morgan fingerprint density at radius 3 is 2.24 bits per heavy atom. The quantitative estimate of drug-likeness (QED) is 0.492. The van der Waals surface area contributed by atoms with E-state index in [4.69, 9.17) is 4.74 Å². The summed E-state index contributed by atoms with van der Waals surface area (Å²) in [7, 11) is 0. The van der Waals surface area contributed by atoms with E-state index in [1.165, 1.54) is 12.1 Å². The number of benzene rings is 2. The van der Waals surface area contributed by atoms with Gasteiger partial charge in [0.05, 0.1) is 10.5 Å². The smallest absolute Gasteiger partial charge is 0.339 e. The third kappa shape index (κ3) is 2.41. The van der Waals surface area contributed by atoms with E-state index in [-0.39, 0.29) is 18.3 Å². The molecular formula is C16H11NO4. The highest BCUT2D eigenvalue weighted by molar-refractivity contribution is 6.27. The van der Waals surface area contributed by atoms with Crippen molar-refractivity contribution in [3.8, 4) is 0 Å². The maximum atomic E-state index is 11.9. The van der Waals surface area contributed by atoms with Gasteiger partial charge in [0.2, 0.25) is 0 Å². The van der Waals surface area contributed by atoms with Crippen LogP contribution in [0.1, 0.15) is 11.1 Å². The second kappa shape index (κ2) is 5.20. The molecule has 0 N–H and O–H groups in total. The van der Waals surface area contributed by atoms with E-state index >= 15 is 0 Å². The van der Waals surface area contributed by atoms with Gasteiger partial charge in [0.1, 0.15) is 6.61 Å². The van der Waals surface area contributed by atoms with Gasteiger partial charge >= 0.3 is 5.97 Å². The van der Waals surface area contributed by atoms with Crippen LogP contribution in [-0.4, -0.2) is 17.5 Å². The van der Waals surface area contributed by atoms with Gasteiger partial charge in [-0.15, -0.1) is 0 Å². The zero-order chi connectivity index (χ0) is 14.8. The number of cyclic esters (lactones) is 1. The molecule has 21 heavy (non-hydrogen) atoms. The standard InChI is InChI=1S/C16H11NO4/c18-16-15(12-4-2-1-3-5-12)14(10-21-16)11-6-8-13(9-7-11)17(19)20/h1-9H,10H2. The number of nitrogens with zero attached hydrogens (tertiary/aromatic N) is 1. The molecule has 5 heteroatoms. The third-order valence-electron chi connectivity index (χ3n) is 3.34. The van der Waals surface area contributed by atoms with Crippen LogP contribution in [0.5, 0.6) is 0 Å². The highest BCUT2D eigenvalue weighted by Crippen LogP contribution is 2.33. The zero-order valence-corrected chi connectivity index (χ0v) is 11.0. The Morgan fingerprint density at radius 1 is 0.952 bits per heavy atom. The minimum absolute atomic E-state index is 0.0193. The van der Waals surface area contributed by atoms with Crippen molar-refractivity contribution in [2.45, 2.75) is 0 Å². The number of rotatable bonds is 3. The first-order valence-electron chi connectivity index (χ1n) is 6.37. The van der Waals surface area contributed by atoms with E-state index in [0.717, 1.165) is 16.7 Å². The Hall–Kier alpha value is -2.95. The second-order valence-electron chi connectivity index (χ2n) is 4.60. The summed E-state index contributed by atoms with van der Waals surface area (Å²) in [5.74, 6) is -0.366. The van der Waals surface area contributed by atoms with Gasteiger partial charge in [0, 0.05) is 17.7 Å². The van der Waals surface area contributed by atoms with Crippen LogP contribution in [0, 0.1) is 10.1 Å². The van der Waals surface area contributed by atoms with E-state index in [0.29, 0.717) is 5.57 Å². The third-order valence-corrected chi connectivity index (χ3v) is 3.34. The maximum Gasteiger partial charge on any atom is 0.339 e. The van der Waals surface area contributed by atoms with Gasteiger partial charge < -0.3 is 4.74 Å². The fourth-order valence-electron chi connectivity index (χ4n) is 2.31. The average Bonchev–Trinajstić information content (AvgIpc) is 2.90. The maximum absolute atomic E-state index is 11.9. The molecule has 1 aliphatic rings. The molecule has 0 amide bonds. The Labute approximate surface area is 120 Å². The monoisotopic (exact) mass is 281 g/mol. The fraction of sp³-hybridized carbons (Fsp3) is 0.0625. The molecule has 0 spiro atoms. The number of nitro groups is 1. The summed E-state index contributed by atoms with van der Waals surface area (Å²) in [5, 5.41) is 10.7. The number of hydrogen-bond acceptors (Lipinski definition) is 4. The van der Waals surface area contributed by atoms with Crippen molar-refractivity contribution in [3.63, 3.8) is 0 Å². The van der Waals surface area contributed by atoms with Crippen LogP contribution in [0.25, 0.3) is 11.1 Å². The number of ether oxygens (including phenoxy) is 1. The van der Waals surface area contributed by atoms with Crippen molar-refractivity contribution in [1.29, 1.82) is 0 Å². The summed E-state index contributed by atoms with van der Waals surface area (Å²) in [6.07, 6.45) is 0. The summed E-state index contributed by atoms with van der Waals surface area (Å²) in [5.41, 5.74) is 2.83. The topological polar surface area (TPSA) is 69.4 Å². The van der Waals surface area contributed by atoms with Gasteiger partial charge in [-0.25, -0.2) is 4.79 Å². The summed E-state index contributed by atoms with van der Waals surface area (Å²) in [4.78, 5) is 22.2. The lowest BCUT2D eigenvalue weighted by Gasteiger charge is -2.04. The number of carbonyl (C=O) groups excluding carboxylic acids is 1. The molecule has 0 aromatic heterocycles. The van der Waals surface area contributed by atoms with Crippen molar-refractivity contribution >= 4 is 22.8 Å². The van der Waals surface area contributed by atoms with E-state index in [9.17, 15) is 14.9 Å². The number of hydrogen-bond donors (Lipinski definition) is 0. The molecule has 5 nitrogen and oxygen atoms in total. The first kappa shape index (κ1) is 13.1. The zero-order valence-electron chi connectivity index (χ0n) is 11.0. The summed E-state index contributed by atoms with van der Waals surface area (Å²) < 4.78 is 5.12. The minimum atomic E-state index is -0.452. The molecule has 0 atom stereocenters. The Balaban J connectivity index is 2.08. The van der Waals surface area contributed by atoms with Gasteiger partial charge in [-0.2, -0.15) is 0 Å². The predicted molar refractivity (Wildman–Crippen MR) is 77.3 cm³/mol. The predicted octanol–water partition coefficient (Wildman–Crippen LogP) is 3.06. The van der Waals surface area contributed by atoms with Crippen molar-refractivity contribution in [1.82, 2.24) is 0 Å². The first-order valence-corrected chi connectivity index (χ1v) is 6.37. The molecule has 2 aromatic rings. The van der Waals surface area contributed by atoms with Gasteiger partial charge in [0.25, 0.3) is 5.69 Å². The van der Waals surface area contributed by atoms with Crippen molar-refractivity contribution < 1.29 is 14.5 Å². The molecule has 2 aromatic carbocycles. The van der Waals surface area contributed by atoms with Crippen LogP contribution in [-0.2, 0) is 9.53 Å². The van der Waals surface area contributed by atoms with Gasteiger partial charge in [-0.1, -0.05) is 30.3 Å². The van der Waals surface area contributed by atoms with Crippen LogP contribution in [0.4, 0.5) is 5.69 Å². The SMILES string of the molecule is O=C1OCC(c2ccc([N+](=O)[O-])cc2)=C1c1ccccc1. The molecule has 0 bridgehead atoms. The minimum Gasteiger partial charge on any atom is -0.457 e. The van der Waals surface area contributed by atoms with Gasteiger partial charge in [-0.3, -0.25) is 10.1 Å². The molecule has 1 heterocycles. The molecule has 3 rings (SSSR count). The molecule has 0 saturated heterocycles. The number of carbonyl (C=O) groups is 1. The summed E-state index contributed by atoms with van der Waals surface area (Å²) >= 11 is 0. The molecule has 104 valence electrons. The molecule has 0 fully saturated rings. The summed E-state index contributed by atoms with van der Waals surface area (Å²) in [6.45, 7) is 0.181. The Morgan fingerprint density at radius 2 is 1.62 bits per heavy atom. The fourth-order valence-corrected chi connectivity index (χ4v) is 2.31. The second-order valence-corrected chi connectivity index (χ2v) is 4.60. The Bertz CT molecular complexity index is 733. The number of non-ortho nitro benzene ring substituents is 1. The van der Waals surface area contributed by atoms with Crippen LogP contribution < -0.4 is 0 Å². The van der Waals surface area contributed by atoms with Crippen molar-refractivity contribution in [2.75, 3.05) is 6.61 Å². The molecule has 0 saturated carbocycles. The van der Waals surface area contributed by atoms with Gasteiger partial charge in [-0.05, 0) is 23.3 Å². The molecule has 1 aliphatic heterocycles. The lowest BCUT2D eigenvalue weighted by molar-refractivity contribution is -0.384. The molecule has 0 radical (unpaired) electrons. The van der Waals surface area contributed by atoms with E-state index < -0.39 is 4.92 Å². The largest absolute Gasteiger partial charge is 0.457 e. The van der Waals surface area contributed by atoms with Crippen molar-refractivity contribution in [3.05, 3.63) is 75.8 Å². The van der Waals surface area contributed by atoms with Crippen molar-refractivity contribution in [2.24, 2.45) is 0 Å². The molecular weight excluding hydrogens is 270 g/mol. The van der Waals surface area contributed by atoms with Gasteiger partial charge in [0.15, 0.2) is 0 Å². The van der Waals surface area contributed by atoms with Crippen LogP contribution in [0.3, 0.4) is 0 Å². The van der Waals surface area contributed by atoms with Crippen LogP contribution >= 0.6 is 0 Å². The first-order chi connectivity index (χ1) is 10.2. The molecule has 0 aliphatic carbocycles. The lowest BCUT2D eigenvalue weighted by Crippen LogP contribution is -1.98. The highest BCUT2D eigenvalue weighted by atomic mass is 16.6. The Kier molecular flexibility index (Phi) is 3.23. The average molecular weight is 281 g/mol. The lowest BCUT2D eigenvalue weighted by atomic mass is 9.96. The molecule has 0 unspecified atom stereocenters.